The van der Waals surface area contributed by atoms with E-state index >= 15 is 0 Å². The van der Waals surface area contributed by atoms with Gasteiger partial charge >= 0.3 is 0 Å². The lowest BCUT2D eigenvalue weighted by Gasteiger charge is -2.29. The summed E-state index contributed by atoms with van der Waals surface area (Å²) in [6.45, 7) is 0.529. The van der Waals surface area contributed by atoms with Crippen LogP contribution in [-0.4, -0.2) is 25.5 Å². The summed E-state index contributed by atoms with van der Waals surface area (Å²) in [6, 6.07) is 1.74. The lowest BCUT2D eigenvalue weighted by atomic mass is 9.85. The minimum Gasteiger partial charge on any atom is -0.358 e. The second kappa shape index (κ2) is 5.61. The number of halogens is 3. The Balaban J connectivity index is 2.22. The van der Waals surface area contributed by atoms with Crippen molar-refractivity contribution in [3.05, 3.63) is 35.1 Å². The van der Waals surface area contributed by atoms with Crippen molar-refractivity contribution in [1.29, 1.82) is 0 Å². The predicted molar refractivity (Wildman–Crippen MR) is 64.1 cm³/mol. The summed E-state index contributed by atoms with van der Waals surface area (Å²) in [7, 11) is 1.52. The van der Waals surface area contributed by atoms with E-state index in [4.69, 9.17) is 0 Å². The van der Waals surface area contributed by atoms with Crippen LogP contribution in [0.5, 0.6) is 0 Å². The Morgan fingerprint density at radius 3 is 2.74 bits per heavy atom. The van der Waals surface area contributed by atoms with Gasteiger partial charge in [0.25, 0.3) is 0 Å². The van der Waals surface area contributed by atoms with Crippen molar-refractivity contribution in [3.63, 3.8) is 0 Å². The number of carbonyl (C=O) groups is 1. The summed E-state index contributed by atoms with van der Waals surface area (Å²) in [5, 5.41) is 5.53. The average Bonchev–Trinajstić information content (AvgIpc) is 2.44. The van der Waals surface area contributed by atoms with Gasteiger partial charge in [-0.25, -0.2) is 13.2 Å². The first-order chi connectivity index (χ1) is 9.04. The highest BCUT2D eigenvalue weighted by atomic mass is 19.2. The SMILES string of the molecule is CNC(=O)C1CC(c2ccc(F)c(F)c2F)CCN1. The Hall–Kier alpha value is -1.56. The van der Waals surface area contributed by atoms with Crippen LogP contribution in [-0.2, 0) is 4.79 Å². The summed E-state index contributed by atoms with van der Waals surface area (Å²) in [4.78, 5) is 11.5. The first-order valence-electron chi connectivity index (χ1n) is 6.13. The number of hydrogen-bond donors (Lipinski definition) is 2. The van der Waals surface area contributed by atoms with Gasteiger partial charge in [0.1, 0.15) is 0 Å². The van der Waals surface area contributed by atoms with E-state index in [-0.39, 0.29) is 17.4 Å². The smallest absolute Gasteiger partial charge is 0.236 e. The van der Waals surface area contributed by atoms with Crippen LogP contribution in [0.3, 0.4) is 0 Å². The van der Waals surface area contributed by atoms with Gasteiger partial charge < -0.3 is 10.6 Å². The standard InChI is InChI=1S/C13H15F3N2O/c1-17-13(19)10-6-7(4-5-18-10)8-2-3-9(14)12(16)11(8)15/h2-3,7,10,18H,4-6H2,1H3,(H,17,19). The van der Waals surface area contributed by atoms with Crippen molar-refractivity contribution in [2.45, 2.75) is 24.8 Å². The minimum absolute atomic E-state index is 0.134. The van der Waals surface area contributed by atoms with Gasteiger partial charge in [0.15, 0.2) is 17.5 Å². The Morgan fingerprint density at radius 1 is 1.32 bits per heavy atom. The van der Waals surface area contributed by atoms with Crippen molar-refractivity contribution in [3.8, 4) is 0 Å². The maximum absolute atomic E-state index is 13.7. The van der Waals surface area contributed by atoms with Crippen LogP contribution in [0.1, 0.15) is 24.3 Å². The highest BCUT2D eigenvalue weighted by Crippen LogP contribution is 2.31. The first-order valence-corrected chi connectivity index (χ1v) is 6.13. The Labute approximate surface area is 109 Å². The molecule has 2 atom stereocenters. The maximum atomic E-state index is 13.7. The zero-order valence-electron chi connectivity index (χ0n) is 10.5. The van der Waals surface area contributed by atoms with E-state index in [9.17, 15) is 18.0 Å². The van der Waals surface area contributed by atoms with Gasteiger partial charge in [-0.3, -0.25) is 4.79 Å². The van der Waals surface area contributed by atoms with Gasteiger partial charge in [-0.2, -0.15) is 0 Å². The Kier molecular flexibility index (Phi) is 4.09. The molecule has 1 aliphatic rings. The molecule has 19 heavy (non-hydrogen) atoms. The summed E-state index contributed by atoms with van der Waals surface area (Å²) in [5.41, 5.74) is 0.134. The van der Waals surface area contributed by atoms with Crippen LogP contribution in [0, 0.1) is 17.5 Å². The summed E-state index contributed by atoms with van der Waals surface area (Å²) in [6.07, 6.45) is 0.942. The number of nitrogens with one attached hydrogen (secondary N) is 2. The Bertz CT molecular complexity index is 493. The second-order valence-corrected chi connectivity index (χ2v) is 4.61. The van der Waals surface area contributed by atoms with Gasteiger partial charge in [0.05, 0.1) is 6.04 Å². The van der Waals surface area contributed by atoms with Crippen molar-refractivity contribution in [2.75, 3.05) is 13.6 Å². The van der Waals surface area contributed by atoms with E-state index in [1.54, 1.807) is 0 Å². The van der Waals surface area contributed by atoms with Crippen LogP contribution < -0.4 is 10.6 Å². The fourth-order valence-corrected chi connectivity index (χ4v) is 2.43. The first kappa shape index (κ1) is 13.9. The number of piperidine rings is 1. The molecule has 6 heteroatoms. The number of benzene rings is 1. The monoisotopic (exact) mass is 272 g/mol. The number of carbonyl (C=O) groups excluding carboxylic acids is 1. The van der Waals surface area contributed by atoms with E-state index in [0.29, 0.717) is 19.4 Å². The van der Waals surface area contributed by atoms with Gasteiger partial charge in [0, 0.05) is 7.05 Å². The normalized spacial score (nSPS) is 23.2. The number of likely N-dealkylation sites (N-methyl/N-ethyl adjacent to an activating group) is 1. The zero-order chi connectivity index (χ0) is 14.0. The molecule has 1 aromatic rings. The third-order valence-electron chi connectivity index (χ3n) is 3.47. The molecule has 0 aromatic heterocycles. The molecule has 0 bridgehead atoms. The number of hydrogen-bond acceptors (Lipinski definition) is 2. The van der Waals surface area contributed by atoms with E-state index in [1.165, 1.54) is 13.1 Å². The molecule has 0 saturated carbocycles. The lowest BCUT2D eigenvalue weighted by molar-refractivity contribution is -0.123. The fourth-order valence-electron chi connectivity index (χ4n) is 2.43. The largest absolute Gasteiger partial charge is 0.358 e. The molecule has 2 unspecified atom stereocenters. The van der Waals surface area contributed by atoms with Crippen LogP contribution in [0.15, 0.2) is 12.1 Å². The molecule has 0 spiro atoms. The van der Waals surface area contributed by atoms with E-state index < -0.39 is 23.5 Å². The summed E-state index contributed by atoms with van der Waals surface area (Å²) >= 11 is 0. The molecule has 1 fully saturated rings. The van der Waals surface area contributed by atoms with Crippen molar-refractivity contribution >= 4 is 5.91 Å². The molecule has 1 amide bonds. The maximum Gasteiger partial charge on any atom is 0.236 e. The van der Waals surface area contributed by atoms with Crippen LogP contribution in [0.2, 0.25) is 0 Å². The third kappa shape index (κ3) is 2.73. The predicted octanol–water partition coefficient (Wildman–Crippen LogP) is 1.69. The molecular weight excluding hydrogens is 257 g/mol. The molecule has 1 aromatic carbocycles. The van der Waals surface area contributed by atoms with Crippen molar-refractivity contribution in [2.24, 2.45) is 0 Å². The quantitative estimate of drug-likeness (QED) is 0.804. The lowest BCUT2D eigenvalue weighted by Crippen LogP contribution is -2.47. The summed E-state index contributed by atoms with van der Waals surface area (Å²) in [5.74, 6) is -4.28. The topological polar surface area (TPSA) is 41.1 Å². The third-order valence-corrected chi connectivity index (χ3v) is 3.47. The highest BCUT2D eigenvalue weighted by Gasteiger charge is 2.29. The van der Waals surface area contributed by atoms with Gasteiger partial charge in [0.2, 0.25) is 5.91 Å². The molecule has 0 aliphatic carbocycles. The molecule has 1 saturated heterocycles. The van der Waals surface area contributed by atoms with Gasteiger partial charge in [-0.05, 0) is 36.9 Å². The molecule has 1 aliphatic heterocycles. The number of rotatable bonds is 2. The van der Waals surface area contributed by atoms with Crippen LogP contribution in [0.4, 0.5) is 13.2 Å². The van der Waals surface area contributed by atoms with Crippen LogP contribution in [0.25, 0.3) is 0 Å². The van der Waals surface area contributed by atoms with E-state index in [0.717, 1.165) is 6.07 Å². The molecule has 1 heterocycles. The Morgan fingerprint density at radius 2 is 2.05 bits per heavy atom. The zero-order valence-corrected chi connectivity index (χ0v) is 10.5. The van der Waals surface area contributed by atoms with Gasteiger partial charge in [-0.15, -0.1) is 0 Å². The molecule has 104 valence electrons. The average molecular weight is 272 g/mol. The van der Waals surface area contributed by atoms with Crippen molar-refractivity contribution < 1.29 is 18.0 Å². The fraction of sp³-hybridized carbons (Fsp3) is 0.462. The second-order valence-electron chi connectivity index (χ2n) is 4.61. The van der Waals surface area contributed by atoms with E-state index in [1.807, 2.05) is 0 Å². The molecule has 2 N–H and O–H groups in total. The molecule has 3 nitrogen and oxygen atoms in total. The minimum atomic E-state index is -1.45. The van der Waals surface area contributed by atoms with E-state index in [2.05, 4.69) is 10.6 Å². The summed E-state index contributed by atoms with van der Waals surface area (Å²) < 4.78 is 39.8. The van der Waals surface area contributed by atoms with Crippen LogP contribution >= 0.6 is 0 Å². The number of amides is 1. The molecule has 2 rings (SSSR count). The highest BCUT2D eigenvalue weighted by molar-refractivity contribution is 5.81. The van der Waals surface area contributed by atoms with Crippen molar-refractivity contribution in [1.82, 2.24) is 10.6 Å². The molecule has 0 radical (unpaired) electrons. The van der Waals surface area contributed by atoms with Gasteiger partial charge in [-0.1, -0.05) is 6.07 Å². The molecular formula is C13H15F3N2O.